The number of nitrogens with two attached hydrogens (primary N) is 1. The van der Waals surface area contributed by atoms with E-state index in [9.17, 15) is 0 Å². The SMILES string of the molecule is COCC(C)NC(N)=NCc1scnc1C. The topological polar surface area (TPSA) is 72.5 Å². The number of thiazole rings is 1. The summed E-state index contributed by atoms with van der Waals surface area (Å²) in [6.07, 6.45) is 0. The third kappa shape index (κ3) is 4.16. The van der Waals surface area contributed by atoms with Crippen LogP contribution in [0.25, 0.3) is 0 Å². The number of hydrogen-bond donors (Lipinski definition) is 2. The molecule has 0 radical (unpaired) electrons. The monoisotopic (exact) mass is 242 g/mol. The highest BCUT2D eigenvalue weighted by Crippen LogP contribution is 2.12. The Kier molecular flexibility index (Phi) is 5.21. The molecule has 5 nitrogen and oxygen atoms in total. The fraction of sp³-hybridized carbons (Fsp3) is 0.600. The Morgan fingerprint density at radius 2 is 2.50 bits per heavy atom. The van der Waals surface area contributed by atoms with Crippen LogP contribution in [0.4, 0.5) is 0 Å². The minimum absolute atomic E-state index is 0.163. The van der Waals surface area contributed by atoms with Crippen molar-refractivity contribution in [1.29, 1.82) is 0 Å². The zero-order valence-electron chi connectivity index (χ0n) is 9.86. The maximum atomic E-state index is 5.74. The molecular formula is C10H18N4OS. The van der Waals surface area contributed by atoms with Crippen LogP contribution in [0.3, 0.4) is 0 Å². The van der Waals surface area contributed by atoms with Crippen LogP contribution in [-0.2, 0) is 11.3 Å². The summed E-state index contributed by atoms with van der Waals surface area (Å²) in [6, 6.07) is 0.163. The van der Waals surface area contributed by atoms with Crippen LogP contribution in [0.2, 0.25) is 0 Å². The summed E-state index contributed by atoms with van der Waals surface area (Å²) in [5.74, 6) is 0.442. The van der Waals surface area contributed by atoms with E-state index in [0.717, 1.165) is 10.6 Å². The van der Waals surface area contributed by atoms with Gasteiger partial charge in [0.1, 0.15) is 0 Å². The van der Waals surface area contributed by atoms with Gasteiger partial charge >= 0.3 is 0 Å². The average Bonchev–Trinajstić information content (AvgIpc) is 2.61. The summed E-state index contributed by atoms with van der Waals surface area (Å²) in [4.78, 5) is 9.54. The van der Waals surface area contributed by atoms with Gasteiger partial charge in [0.05, 0.1) is 24.4 Å². The Labute approximate surface area is 99.7 Å². The predicted molar refractivity (Wildman–Crippen MR) is 66.7 cm³/mol. The van der Waals surface area contributed by atoms with Crippen LogP contribution in [0, 0.1) is 6.92 Å². The second-order valence-electron chi connectivity index (χ2n) is 3.56. The fourth-order valence-electron chi connectivity index (χ4n) is 1.22. The minimum Gasteiger partial charge on any atom is -0.383 e. The largest absolute Gasteiger partial charge is 0.383 e. The van der Waals surface area contributed by atoms with Crippen LogP contribution < -0.4 is 11.1 Å². The third-order valence-corrected chi connectivity index (χ3v) is 2.97. The number of guanidine groups is 1. The number of methoxy groups -OCH3 is 1. The molecule has 1 rings (SSSR count). The van der Waals surface area contributed by atoms with Crippen LogP contribution in [0.1, 0.15) is 17.5 Å². The van der Waals surface area contributed by atoms with Crippen molar-refractivity contribution in [2.45, 2.75) is 26.4 Å². The molecule has 16 heavy (non-hydrogen) atoms. The van der Waals surface area contributed by atoms with E-state index in [1.165, 1.54) is 0 Å². The van der Waals surface area contributed by atoms with Crippen molar-refractivity contribution >= 4 is 17.3 Å². The van der Waals surface area contributed by atoms with Gasteiger partial charge in [-0.05, 0) is 13.8 Å². The molecule has 1 heterocycles. The summed E-state index contributed by atoms with van der Waals surface area (Å²) < 4.78 is 4.99. The maximum Gasteiger partial charge on any atom is 0.189 e. The fourth-order valence-corrected chi connectivity index (χ4v) is 1.93. The van der Waals surface area contributed by atoms with Gasteiger partial charge in [0, 0.05) is 18.0 Å². The minimum atomic E-state index is 0.163. The Morgan fingerprint density at radius 1 is 1.75 bits per heavy atom. The second kappa shape index (κ2) is 6.44. The zero-order valence-corrected chi connectivity index (χ0v) is 10.7. The molecule has 1 atom stereocenters. The molecule has 0 fully saturated rings. The van der Waals surface area contributed by atoms with Gasteiger partial charge in [0.25, 0.3) is 0 Å². The van der Waals surface area contributed by atoms with Crippen molar-refractivity contribution in [3.05, 3.63) is 16.1 Å². The Balaban J connectivity index is 2.42. The van der Waals surface area contributed by atoms with Crippen LogP contribution in [0.15, 0.2) is 10.5 Å². The quantitative estimate of drug-likeness (QED) is 0.594. The van der Waals surface area contributed by atoms with Crippen molar-refractivity contribution < 1.29 is 4.74 Å². The molecule has 1 aromatic heterocycles. The molecule has 0 aliphatic rings. The molecule has 6 heteroatoms. The van der Waals surface area contributed by atoms with Gasteiger partial charge in [-0.1, -0.05) is 0 Å². The summed E-state index contributed by atoms with van der Waals surface area (Å²) >= 11 is 1.59. The van der Waals surface area contributed by atoms with E-state index in [1.807, 2.05) is 19.4 Å². The molecule has 0 aromatic carbocycles. The molecule has 0 spiro atoms. The van der Waals surface area contributed by atoms with Gasteiger partial charge < -0.3 is 15.8 Å². The van der Waals surface area contributed by atoms with Crippen LogP contribution >= 0.6 is 11.3 Å². The van der Waals surface area contributed by atoms with Crippen LogP contribution in [-0.4, -0.2) is 30.7 Å². The van der Waals surface area contributed by atoms with Crippen molar-refractivity contribution in [2.75, 3.05) is 13.7 Å². The molecule has 0 aliphatic carbocycles. The first kappa shape index (κ1) is 12.9. The van der Waals surface area contributed by atoms with Crippen molar-refractivity contribution in [3.8, 4) is 0 Å². The maximum absolute atomic E-state index is 5.74. The molecule has 0 aliphatic heterocycles. The van der Waals surface area contributed by atoms with Gasteiger partial charge in [-0.25, -0.2) is 9.98 Å². The van der Waals surface area contributed by atoms with E-state index in [4.69, 9.17) is 10.5 Å². The molecule has 90 valence electrons. The van der Waals surface area contributed by atoms with Gasteiger partial charge in [-0.15, -0.1) is 11.3 Å². The van der Waals surface area contributed by atoms with E-state index in [-0.39, 0.29) is 6.04 Å². The molecule has 1 unspecified atom stereocenters. The van der Waals surface area contributed by atoms with Gasteiger partial charge in [-0.2, -0.15) is 0 Å². The summed E-state index contributed by atoms with van der Waals surface area (Å²) in [5.41, 5.74) is 8.58. The van der Waals surface area contributed by atoms with Crippen molar-refractivity contribution in [2.24, 2.45) is 10.7 Å². The first-order valence-corrected chi connectivity index (χ1v) is 5.95. The summed E-state index contributed by atoms with van der Waals surface area (Å²) in [6.45, 7) is 5.15. The number of rotatable bonds is 5. The molecule has 0 bridgehead atoms. The van der Waals surface area contributed by atoms with Crippen LogP contribution in [0.5, 0.6) is 0 Å². The molecule has 0 saturated heterocycles. The lowest BCUT2D eigenvalue weighted by Crippen LogP contribution is -2.40. The lowest BCUT2D eigenvalue weighted by Gasteiger charge is -2.12. The average molecular weight is 242 g/mol. The lowest BCUT2D eigenvalue weighted by molar-refractivity contribution is 0.179. The number of aliphatic imine (C=N–C) groups is 1. The Bertz CT molecular complexity index is 350. The molecule has 0 amide bonds. The zero-order chi connectivity index (χ0) is 12.0. The van der Waals surface area contributed by atoms with Gasteiger partial charge in [0.15, 0.2) is 5.96 Å². The number of aromatic nitrogens is 1. The number of nitrogens with zero attached hydrogens (tertiary/aromatic N) is 2. The first-order chi connectivity index (χ1) is 7.63. The van der Waals surface area contributed by atoms with E-state index in [1.54, 1.807) is 18.4 Å². The van der Waals surface area contributed by atoms with E-state index in [2.05, 4.69) is 15.3 Å². The number of aryl methyl sites for hydroxylation is 1. The highest BCUT2D eigenvalue weighted by molar-refractivity contribution is 7.09. The second-order valence-corrected chi connectivity index (χ2v) is 4.50. The first-order valence-electron chi connectivity index (χ1n) is 5.07. The smallest absolute Gasteiger partial charge is 0.189 e. The summed E-state index contributed by atoms with van der Waals surface area (Å²) in [5, 5.41) is 3.05. The van der Waals surface area contributed by atoms with Gasteiger partial charge in [-0.3, -0.25) is 0 Å². The molecular weight excluding hydrogens is 224 g/mol. The van der Waals surface area contributed by atoms with E-state index < -0.39 is 0 Å². The van der Waals surface area contributed by atoms with E-state index >= 15 is 0 Å². The summed E-state index contributed by atoms with van der Waals surface area (Å²) in [7, 11) is 1.66. The van der Waals surface area contributed by atoms with E-state index in [0.29, 0.717) is 19.1 Å². The lowest BCUT2D eigenvalue weighted by atomic mass is 10.4. The third-order valence-electron chi connectivity index (χ3n) is 2.05. The number of hydrogen-bond acceptors (Lipinski definition) is 4. The van der Waals surface area contributed by atoms with Crippen molar-refractivity contribution in [1.82, 2.24) is 10.3 Å². The Hall–Kier alpha value is -1.14. The van der Waals surface area contributed by atoms with Gasteiger partial charge in [0.2, 0.25) is 0 Å². The Morgan fingerprint density at radius 3 is 3.06 bits per heavy atom. The molecule has 1 aromatic rings. The van der Waals surface area contributed by atoms with Crippen molar-refractivity contribution in [3.63, 3.8) is 0 Å². The molecule has 3 N–H and O–H groups in total. The normalized spacial score (nSPS) is 13.8. The molecule has 0 saturated carbocycles. The predicted octanol–water partition coefficient (Wildman–Crippen LogP) is 0.891. The number of nitrogens with one attached hydrogen (secondary N) is 1. The highest BCUT2D eigenvalue weighted by atomic mass is 32.1. The number of ether oxygens (including phenoxy) is 1. The standard InChI is InChI=1S/C10H18N4OS/c1-7(5-15-3)14-10(11)12-4-9-8(2)13-6-16-9/h6-7H,4-5H2,1-3H3,(H3,11,12,14). The highest BCUT2D eigenvalue weighted by Gasteiger charge is 2.03.